The summed E-state index contributed by atoms with van der Waals surface area (Å²) >= 11 is 0. The van der Waals surface area contributed by atoms with Gasteiger partial charge in [0.1, 0.15) is 18.1 Å². The molecule has 22 heavy (non-hydrogen) atoms. The van der Waals surface area contributed by atoms with Crippen LogP contribution in [0.2, 0.25) is 0 Å². The topological polar surface area (TPSA) is 48.0 Å². The Morgan fingerprint density at radius 2 is 2.00 bits per heavy atom. The molecule has 5 heteroatoms. The largest absolute Gasteiger partial charge is 0.497 e. The zero-order valence-corrected chi connectivity index (χ0v) is 13.4. The van der Waals surface area contributed by atoms with E-state index in [0.29, 0.717) is 13.2 Å². The third-order valence-corrected chi connectivity index (χ3v) is 3.86. The van der Waals surface area contributed by atoms with E-state index < -0.39 is 0 Å². The number of carbonyl (C=O) groups excluding carboxylic acids is 1. The number of hydrogen-bond donors (Lipinski definition) is 0. The lowest BCUT2D eigenvalue weighted by Gasteiger charge is -2.31. The van der Waals surface area contributed by atoms with E-state index in [9.17, 15) is 4.79 Å². The highest BCUT2D eigenvalue weighted by Gasteiger charge is 2.26. The number of carbonyl (C=O) groups is 1. The van der Waals surface area contributed by atoms with Crippen molar-refractivity contribution < 1.29 is 19.0 Å². The summed E-state index contributed by atoms with van der Waals surface area (Å²) in [7, 11) is 1.65. The van der Waals surface area contributed by atoms with Crippen LogP contribution in [0.25, 0.3) is 0 Å². The van der Waals surface area contributed by atoms with Crippen molar-refractivity contribution in [3.8, 4) is 11.5 Å². The van der Waals surface area contributed by atoms with Gasteiger partial charge in [-0.25, -0.2) is 0 Å². The van der Waals surface area contributed by atoms with Crippen LogP contribution in [-0.2, 0) is 9.53 Å². The average Bonchev–Trinajstić information content (AvgIpc) is 2.56. The van der Waals surface area contributed by atoms with Gasteiger partial charge in [0.2, 0.25) is 0 Å². The summed E-state index contributed by atoms with van der Waals surface area (Å²) in [4.78, 5) is 14.1. The fourth-order valence-corrected chi connectivity index (χ4v) is 2.68. The molecule has 2 rings (SSSR count). The van der Waals surface area contributed by atoms with Gasteiger partial charge in [0.25, 0.3) is 0 Å². The lowest BCUT2D eigenvalue weighted by atomic mass is 9.98. The van der Waals surface area contributed by atoms with Crippen molar-refractivity contribution in [1.29, 1.82) is 0 Å². The second kappa shape index (κ2) is 8.63. The van der Waals surface area contributed by atoms with E-state index in [1.807, 2.05) is 31.2 Å². The first-order valence-corrected chi connectivity index (χ1v) is 7.88. The zero-order valence-electron chi connectivity index (χ0n) is 13.4. The standard InChI is InChI=1S/C17H25NO4/c1-3-21-17(19)14-5-4-10-18(13-14)11-12-22-16-8-6-15(20-2)7-9-16/h6-9,14H,3-5,10-13H2,1-2H3. The van der Waals surface area contributed by atoms with Gasteiger partial charge in [-0.05, 0) is 50.6 Å². The SMILES string of the molecule is CCOC(=O)C1CCCN(CCOc2ccc(OC)cc2)C1. The van der Waals surface area contributed by atoms with Gasteiger partial charge in [-0.1, -0.05) is 0 Å². The summed E-state index contributed by atoms with van der Waals surface area (Å²) in [5.74, 6) is 1.60. The Balaban J connectivity index is 1.72. The molecule has 0 aromatic heterocycles. The Morgan fingerprint density at radius 3 is 2.68 bits per heavy atom. The van der Waals surface area contributed by atoms with Crippen LogP contribution in [0.3, 0.4) is 0 Å². The first-order valence-electron chi connectivity index (χ1n) is 7.88. The molecule has 0 aliphatic carbocycles. The maximum Gasteiger partial charge on any atom is 0.310 e. The van der Waals surface area contributed by atoms with Gasteiger partial charge in [0.15, 0.2) is 0 Å². The zero-order chi connectivity index (χ0) is 15.8. The fraction of sp³-hybridized carbons (Fsp3) is 0.588. The minimum atomic E-state index is -0.0664. The summed E-state index contributed by atoms with van der Waals surface area (Å²) in [6.07, 6.45) is 1.96. The van der Waals surface area contributed by atoms with Crippen LogP contribution in [0.15, 0.2) is 24.3 Å². The fourth-order valence-electron chi connectivity index (χ4n) is 2.68. The van der Waals surface area contributed by atoms with Crippen molar-refractivity contribution in [1.82, 2.24) is 4.90 Å². The Kier molecular flexibility index (Phi) is 6.52. The molecule has 5 nitrogen and oxygen atoms in total. The number of likely N-dealkylation sites (tertiary alicyclic amines) is 1. The van der Waals surface area contributed by atoms with Gasteiger partial charge in [-0.15, -0.1) is 0 Å². The van der Waals surface area contributed by atoms with E-state index in [-0.39, 0.29) is 11.9 Å². The number of benzene rings is 1. The smallest absolute Gasteiger partial charge is 0.310 e. The minimum absolute atomic E-state index is 0.00897. The number of rotatable bonds is 7. The molecule has 0 bridgehead atoms. The molecule has 0 N–H and O–H groups in total. The summed E-state index contributed by atoms with van der Waals surface area (Å²) in [6, 6.07) is 7.56. The maximum absolute atomic E-state index is 11.8. The molecule has 0 spiro atoms. The molecule has 0 saturated carbocycles. The summed E-state index contributed by atoms with van der Waals surface area (Å²) in [6.45, 7) is 5.52. The molecule has 1 aliphatic heterocycles. The van der Waals surface area contributed by atoms with Gasteiger partial charge in [-0.2, -0.15) is 0 Å². The van der Waals surface area contributed by atoms with Crippen LogP contribution >= 0.6 is 0 Å². The minimum Gasteiger partial charge on any atom is -0.497 e. The molecule has 1 unspecified atom stereocenters. The van der Waals surface area contributed by atoms with E-state index >= 15 is 0 Å². The molecule has 122 valence electrons. The predicted octanol–water partition coefficient (Wildman–Crippen LogP) is 2.35. The second-order valence-corrected chi connectivity index (χ2v) is 5.42. The lowest BCUT2D eigenvalue weighted by molar-refractivity contribution is -0.150. The number of esters is 1. The summed E-state index contributed by atoms with van der Waals surface area (Å²) in [5, 5.41) is 0. The van der Waals surface area contributed by atoms with E-state index in [2.05, 4.69) is 4.90 Å². The first-order chi connectivity index (χ1) is 10.7. The first kappa shape index (κ1) is 16.6. The van der Waals surface area contributed by atoms with Crippen molar-refractivity contribution in [3.05, 3.63) is 24.3 Å². The van der Waals surface area contributed by atoms with Crippen LogP contribution in [0.5, 0.6) is 11.5 Å². The van der Waals surface area contributed by atoms with Gasteiger partial charge < -0.3 is 14.2 Å². The summed E-state index contributed by atoms with van der Waals surface area (Å²) in [5.41, 5.74) is 0. The molecule has 0 amide bonds. The molecule has 1 saturated heterocycles. The van der Waals surface area contributed by atoms with E-state index in [0.717, 1.165) is 44.0 Å². The van der Waals surface area contributed by atoms with Crippen LogP contribution in [-0.4, -0.2) is 50.8 Å². The van der Waals surface area contributed by atoms with E-state index in [4.69, 9.17) is 14.2 Å². The van der Waals surface area contributed by atoms with Gasteiger partial charge >= 0.3 is 5.97 Å². The molecule has 1 heterocycles. The van der Waals surface area contributed by atoms with Crippen molar-refractivity contribution in [3.63, 3.8) is 0 Å². The number of nitrogens with zero attached hydrogens (tertiary/aromatic N) is 1. The normalized spacial score (nSPS) is 18.7. The molecule has 1 aromatic carbocycles. The quantitative estimate of drug-likeness (QED) is 0.724. The molecule has 1 aliphatic rings. The highest BCUT2D eigenvalue weighted by atomic mass is 16.5. The van der Waals surface area contributed by atoms with Crippen LogP contribution in [0.4, 0.5) is 0 Å². The Bertz CT molecular complexity index is 460. The molecule has 1 aromatic rings. The summed E-state index contributed by atoms with van der Waals surface area (Å²) < 4.78 is 16.0. The van der Waals surface area contributed by atoms with Crippen LogP contribution < -0.4 is 9.47 Å². The van der Waals surface area contributed by atoms with E-state index in [1.165, 1.54) is 0 Å². The molecular weight excluding hydrogens is 282 g/mol. The monoisotopic (exact) mass is 307 g/mol. The number of hydrogen-bond acceptors (Lipinski definition) is 5. The van der Waals surface area contributed by atoms with Gasteiger partial charge in [0.05, 0.1) is 19.6 Å². The van der Waals surface area contributed by atoms with Crippen LogP contribution in [0.1, 0.15) is 19.8 Å². The Morgan fingerprint density at radius 1 is 1.27 bits per heavy atom. The molecule has 1 atom stereocenters. The third kappa shape index (κ3) is 4.91. The van der Waals surface area contributed by atoms with Gasteiger partial charge in [-0.3, -0.25) is 9.69 Å². The number of ether oxygens (including phenoxy) is 3. The second-order valence-electron chi connectivity index (χ2n) is 5.42. The average molecular weight is 307 g/mol. The Labute approximate surface area is 132 Å². The van der Waals surface area contributed by atoms with Crippen molar-refractivity contribution in [2.75, 3.05) is 40.0 Å². The van der Waals surface area contributed by atoms with Gasteiger partial charge in [0, 0.05) is 13.1 Å². The van der Waals surface area contributed by atoms with Crippen LogP contribution in [0, 0.1) is 5.92 Å². The predicted molar refractivity (Wildman–Crippen MR) is 84.3 cm³/mol. The Hall–Kier alpha value is -1.75. The third-order valence-electron chi connectivity index (χ3n) is 3.86. The molecule has 0 radical (unpaired) electrons. The molecule has 1 fully saturated rings. The maximum atomic E-state index is 11.8. The van der Waals surface area contributed by atoms with Crippen molar-refractivity contribution in [2.45, 2.75) is 19.8 Å². The van der Waals surface area contributed by atoms with Crippen molar-refractivity contribution in [2.24, 2.45) is 5.92 Å². The highest BCUT2D eigenvalue weighted by Crippen LogP contribution is 2.19. The highest BCUT2D eigenvalue weighted by molar-refractivity contribution is 5.72. The van der Waals surface area contributed by atoms with Crippen molar-refractivity contribution >= 4 is 5.97 Å². The van der Waals surface area contributed by atoms with E-state index in [1.54, 1.807) is 7.11 Å². The number of piperidine rings is 1. The number of methoxy groups -OCH3 is 1. The lowest BCUT2D eigenvalue weighted by Crippen LogP contribution is -2.41. The molecular formula is C17H25NO4.